The molecule has 0 aromatic carbocycles. The molecule has 1 aromatic heterocycles. The molecule has 2 unspecified atom stereocenters. The van der Waals surface area contributed by atoms with Crippen LogP contribution in [0.15, 0.2) is 23.0 Å². The number of hydrogen-bond acceptors (Lipinski definition) is 3. The highest BCUT2D eigenvalue weighted by Crippen LogP contribution is 2.36. The van der Waals surface area contributed by atoms with Gasteiger partial charge in [-0.3, -0.25) is 14.5 Å². The first-order chi connectivity index (χ1) is 11.1. The molecule has 2 bridgehead atoms. The minimum Gasteiger partial charge on any atom is -0.343 e. The van der Waals surface area contributed by atoms with E-state index in [4.69, 9.17) is 0 Å². The fourth-order valence-corrected chi connectivity index (χ4v) is 4.78. The van der Waals surface area contributed by atoms with E-state index in [-0.39, 0.29) is 11.5 Å². The van der Waals surface area contributed by atoms with Crippen molar-refractivity contribution in [3.8, 4) is 0 Å². The Bertz CT molecular complexity index is 660. The highest BCUT2D eigenvalue weighted by Gasteiger charge is 2.37. The van der Waals surface area contributed by atoms with E-state index >= 15 is 0 Å². The number of carbonyl (C=O) groups excluding carboxylic acids is 1. The van der Waals surface area contributed by atoms with Gasteiger partial charge in [0.25, 0.3) is 5.56 Å². The van der Waals surface area contributed by atoms with Crippen LogP contribution in [-0.2, 0) is 11.3 Å². The third-order valence-corrected chi connectivity index (χ3v) is 5.93. The summed E-state index contributed by atoms with van der Waals surface area (Å²) in [5.41, 5.74) is 1.38. The Morgan fingerprint density at radius 1 is 1.13 bits per heavy atom. The first-order valence-corrected chi connectivity index (χ1v) is 8.81. The second-order valence-electron chi connectivity index (χ2n) is 7.39. The quantitative estimate of drug-likeness (QED) is 0.784. The summed E-state index contributed by atoms with van der Waals surface area (Å²) in [6, 6.07) is 6.31. The number of pyridine rings is 1. The second kappa shape index (κ2) is 5.78. The maximum atomic E-state index is 12.1. The monoisotopic (exact) mass is 315 g/mol. The van der Waals surface area contributed by atoms with Crippen LogP contribution in [0.1, 0.15) is 37.8 Å². The number of rotatable bonds is 1. The predicted octanol–water partition coefficient (Wildman–Crippen LogP) is 1.28. The minimum atomic E-state index is 0.153. The smallest absolute Gasteiger partial charge is 0.250 e. The molecule has 23 heavy (non-hydrogen) atoms. The number of aromatic nitrogens is 1. The van der Waals surface area contributed by atoms with Crippen molar-refractivity contribution in [1.82, 2.24) is 14.4 Å². The molecule has 3 aliphatic rings. The van der Waals surface area contributed by atoms with Crippen molar-refractivity contribution in [3.05, 3.63) is 34.2 Å². The SMILES string of the molecule is CC(=O)N1CCC(N2CC3CC(C2)c2cccc(=O)n2C3)CC1. The zero-order valence-electron chi connectivity index (χ0n) is 13.8. The van der Waals surface area contributed by atoms with Gasteiger partial charge in [0.1, 0.15) is 0 Å². The molecule has 124 valence electrons. The number of nitrogens with zero attached hydrogens (tertiary/aromatic N) is 3. The van der Waals surface area contributed by atoms with E-state index in [1.807, 2.05) is 15.5 Å². The van der Waals surface area contributed by atoms with Crippen molar-refractivity contribution < 1.29 is 4.79 Å². The van der Waals surface area contributed by atoms with Crippen LogP contribution in [0.5, 0.6) is 0 Å². The van der Waals surface area contributed by atoms with Gasteiger partial charge in [-0.05, 0) is 31.2 Å². The summed E-state index contributed by atoms with van der Waals surface area (Å²) in [6.45, 7) is 6.48. The van der Waals surface area contributed by atoms with Gasteiger partial charge in [0, 0.05) is 63.4 Å². The average molecular weight is 315 g/mol. The van der Waals surface area contributed by atoms with Gasteiger partial charge in [0.2, 0.25) is 5.91 Å². The van der Waals surface area contributed by atoms with Crippen molar-refractivity contribution in [1.29, 1.82) is 0 Å². The summed E-state index contributed by atoms with van der Waals surface area (Å²) in [5.74, 6) is 1.28. The summed E-state index contributed by atoms with van der Waals surface area (Å²) >= 11 is 0. The van der Waals surface area contributed by atoms with Gasteiger partial charge in [-0.15, -0.1) is 0 Å². The molecule has 5 heteroatoms. The van der Waals surface area contributed by atoms with E-state index < -0.39 is 0 Å². The van der Waals surface area contributed by atoms with E-state index in [0.717, 1.165) is 45.6 Å². The number of amides is 1. The lowest BCUT2D eigenvalue weighted by atomic mass is 9.82. The molecule has 4 rings (SSSR count). The maximum absolute atomic E-state index is 12.1. The van der Waals surface area contributed by atoms with Crippen LogP contribution in [0.3, 0.4) is 0 Å². The molecular weight excluding hydrogens is 290 g/mol. The van der Waals surface area contributed by atoms with E-state index in [9.17, 15) is 9.59 Å². The van der Waals surface area contributed by atoms with Crippen molar-refractivity contribution in [2.45, 2.75) is 44.7 Å². The maximum Gasteiger partial charge on any atom is 0.250 e. The number of piperidine rings is 2. The largest absolute Gasteiger partial charge is 0.343 e. The van der Waals surface area contributed by atoms with Gasteiger partial charge in [-0.25, -0.2) is 0 Å². The molecule has 4 heterocycles. The zero-order chi connectivity index (χ0) is 16.0. The number of carbonyl (C=O) groups is 1. The summed E-state index contributed by atoms with van der Waals surface area (Å²) in [5, 5.41) is 0. The molecule has 2 atom stereocenters. The molecule has 5 nitrogen and oxygen atoms in total. The standard InChI is InChI=1S/C18H25N3O2/c1-13(22)19-7-5-16(6-8-19)20-10-14-9-15(12-20)17-3-2-4-18(23)21(17)11-14/h2-4,14-16H,5-12H2,1H3. The van der Waals surface area contributed by atoms with Crippen LogP contribution in [0.25, 0.3) is 0 Å². The fourth-order valence-electron chi connectivity index (χ4n) is 4.78. The average Bonchev–Trinajstić information content (AvgIpc) is 2.56. The van der Waals surface area contributed by atoms with Crippen LogP contribution >= 0.6 is 0 Å². The van der Waals surface area contributed by atoms with Crippen LogP contribution in [0, 0.1) is 5.92 Å². The lowest BCUT2D eigenvalue weighted by Gasteiger charge is -2.47. The Labute approximate surface area is 136 Å². The van der Waals surface area contributed by atoms with Crippen LogP contribution in [0.2, 0.25) is 0 Å². The second-order valence-corrected chi connectivity index (χ2v) is 7.39. The highest BCUT2D eigenvalue weighted by atomic mass is 16.2. The van der Waals surface area contributed by atoms with Gasteiger partial charge in [-0.2, -0.15) is 0 Å². The van der Waals surface area contributed by atoms with E-state index in [2.05, 4.69) is 11.0 Å². The van der Waals surface area contributed by atoms with Gasteiger partial charge in [-0.1, -0.05) is 6.07 Å². The molecule has 0 saturated carbocycles. The first kappa shape index (κ1) is 14.9. The minimum absolute atomic E-state index is 0.153. The Balaban J connectivity index is 1.49. The molecule has 1 amide bonds. The zero-order valence-corrected chi connectivity index (χ0v) is 13.8. The van der Waals surface area contributed by atoms with Crippen molar-refractivity contribution in [2.24, 2.45) is 5.92 Å². The topological polar surface area (TPSA) is 45.6 Å². The predicted molar refractivity (Wildman–Crippen MR) is 88.4 cm³/mol. The Kier molecular flexibility index (Phi) is 3.76. The molecule has 2 saturated heterocycles. The third-order valence-electron chi connectivity index (χ3n) is 5.93. The summed E-state index contributed by atoms with van der Waals surface area (Å²) in [6.07, 6.45) is 3.38. The number of fused-ring (bicyclic) bond motifs is 4. The van der Waals surface area contributed by atoms with Gasteiger partial charge in [0.15, 0.2) is 0 Å². The fraction of sp³-hybridized carbons (Fsp3) is 0.667. The molecule has 0 aliphatic carbocycles. The van der Waals surface area contributed by atoms with Crippen molar-refractivity contribution in [3.63, 3.8) is 0 Å². The molecule has 2 fully saturated rings. The molecule has 0 radical (unpaired) electrons. The van der Waals surface area contributed by atoms with Gasteiger partial charge >= 0.3 is 0 Å². The van der Waals surface area contributed by atoms with Crippen LogP contribution < -0.4 is 5.56 Å². The first-order valence-electron chi connectivity index (χ1n) is 8.81. The van der Waals surface area contributed by atoms with Crippen molar-refractivity contribution in [2.75, 3.05) is 26.2 Å². The van der Waals surface area contributed by atoms with E-state index in [0.29, 0.717) is 17.9 Å². The van der Waals surface area contributed by atoms with E-state index in [1.165, 1.54) is 12.1 Å². The highest BCUT2D eigenvalue weighted by molar-refractivity contribution is 5.73. The summed E-state index contributed by atoms with van der Waals surface area (Å²) in [4.78, 5) is 28.2. The lowest BCUT2D eigenvalue weighted by Crippen LogP contribution is -2.53. The normalized spacial score (nSPS) is 28.5. The third kappa shape index (κ3) is 2.71. The van der Waals surface area contributed by atoms with Gasteiger partial charge in [0.05, 0.1) is 0 Å². The van der Waals surface area contributed by atoms with Crippen molar-refractivity contribution >= 4 is 5.91 Å². The van der Waals surface area contributed by atoms with Gasteiger partial charge < -0.3 is 9.47 Å². The Hall–Kier alpha value is -1.62. The summed E-state index contributed by atoms with van der Waals surface area (Å²) < 4.78 is 1.99. The Morgan fingerprint density at radius 2 is 1.91 bits per heavy atom. The number of likely N-dealkylation sites (tertiary alicyclic amines) is 2. The molecule has 0 N–H and O–H groups in total. The van der Waals surface area contributed by atoms with Crippen LogP contribution in [0.4, 0.5) is 0 Å². The summed E-state index contributed by atoms with van der Waals surface area (Å²) in [7, 11) is 0. The lowest BCUT2D eigenvalue weighted by molar-refractivity contribution is -0.130. The Morgan fingerprint density at radius 3 is 2.65 bits per heavy atom. The molecular formula is C18H25N3O2. The number of hydrogen-bond donors (Lipinski definition) is 0. The van der Waals surface area contributed by atoms with E-state index in [1.54, 1.807) is 13.0 Å². The molecule has 1 aromatic rings. The molecule has 3 aliphatic heterocycles. The van der Waals surface area contributed by atoms with Crippen LogP contribution in [-0.4, -0.2) is 52.5 Å². The molecule has 0 spiro atoms.